The number of ether oxygens (including phenoxy) is 1. The summed E-state index contributed by atoms with van der Waals surface area (Å²) in [7, 11) is 3.99. The maximum Gasteiger partial charge on any atom is 0.248 e. The number of fused-ring (bicyclic) bond motifs is 2. The SMILES string of the molecule is CN(C)CCOCCn1c(-c2nn(C(C)(C)C)c3ncnc(N)c23)c(Cl)c2ccc(C(N)=O)cc21. The van der Waals surface area contributed by atoms with Crippen LogP contribution in [0.4, 0.5) is 5.82 Å². The molecule has 3 aromatic heterocycles. The van der Waals surface area contributed by atoms with Crippen LogP contribution in [0.5, 0.6) is 0 Å². The Morgan fingerprint density at radius 3 is 2.60 bits per heavy atom. The van der Waals surface area contributed by atoms with E-state index in [-0.39, 0.29) is 5.54 Å². The Morgan fingerprint density at radius 2 is 1.94 bits per heavy atom. The highest BCUT2D eigenvalue weighted by Crippen LogP contribution is 2.41. The van der Waals surface area contributed by atoms with Crippen LogP contribution >= 0.6 is 11.6 Å². The second-order valence-electron chi connectivity index (χ2n) is 9.71. The number of rotatable bonds is 8. The number of benzene rings is 1. The van der Waals surface area contributed by atoms with Gasteiger partial charge in [-0.05, 0) is 47.0 Å². The van der Waals surface area contributed by atoms with Gasteiger partial charge in [0.1, 0.15) is 17.8 Å². The molecule has 0 spiro atoms. The first kappa shape index (κ1) is 24.9. The highest BCUT2D eigenvalue weighted by Gasteiger charge is 2.28. The molecular weight excluding hydrogens is 468 g/mol. The van der Waals surface area contributed by atoms with Crippen LogP contribution in [0, 0.1) is 0 Å². The van der Waals surface area contributed by atoms with Crippen LogP contribution in [0.1, 0.15) is 31.1 Å². The standard InChI is InChI=1S/C24H31ClN8O2/c1-24(2,3)33-23-17(21(26)28-13-29-23)19(30-33)20-18(25)15-7-6-14(22(27)34)12-16(15)32(20)9-11-35-10-8-31(4)5/h6-7,12-13H,8-11H2,1-5H3,(H2,27,34)(H2,26,28,29). The van der Waals surface area contributed by atoms with Gasteiger partial charge in [-0.2, -0.15) is 5.10 Å². The van der Waals surface area contributed by atoms with Crippen molar-refractivity contribution >= 4 is 45.3 Å². The van der Waals surface area contributed by atoms with Crippen LogP contribution in [-0.2, 0) is 16.8 Å². The average molecular weight is 499 g/mol. The quantitative estimate of drug-likeness (QED) is 0.357. The fourth-order valence-corrected chi connectivity index (χ4v) is 4.39. The zero-order valence-corrected chi connectivity index (χ0v) is 21.4. The molecule has 0 fully saturated rings. The topological polar surface area (TPSA) is 130 Å². The number of primary amides is 1. The number of hydrogen-bond acceptors (Lipinski definition) is 7. The Bertz CT molecular complexity index is 1400. The molecule has 4 rings (SSSR count). The summed E-state index contributed by atoms with van der Waals surface area (Å²) in [5.41, 5.74) is 14.5. The molecule has 0 bridgehead atoms. The molecule has 0 aliphatic heterocycles. The summed E-state index contributed by atoms with van der Waals surface area (Å²) in [6.07, 6.45) is 1.43. The lowest BCUT2D eigenvalue weighted by Gasteiger charge is -2.19. The van der Waals surface area contributed by atoms with Crippen molar-refractivity contribution in [2.45, 2.75) is 32.9 Å². The molecule has 11 heteroatoms. The molecule has 0 aliphatic rings. The van der Waals surface area contributed by atoms with Gasteiger partial charge in [0.05, 0.1) is 40.4 Å². The summed E-state index contributed by atoms with van der Waals surface area (Å²) in [4.78, 5) is 22.7. The summed E-state index contributed by atoms with van der Waals surface area (Å²) in [6, 6.07) is 5.21. The summed E-state index contributed by atoms with van der Waals surface area (Å²) < 4.78 is 9.70. The van der Waals surface area contributed by atoms with Gasteiger partial charge in [-0.1, -0.05) is 17.7 Å². The van der Waals surface area contributed by atoms with Crippen molar-refractivity contribution in [2.75, 3.05) is 39.6 Å². The maximum absolute atomic E-state index is 11.9. The van der Waals surface area contributed by atoms with Gasteiger partial charge in [-0.3, -0.25) is 4.79 Å². The van der Waals surface area contributed by atoms with Crippen molar-refractivity contribution in [1.82, 2.24) is 29.2 Å². The Kier molecular flexibility index (Phi) is 6.72. The number of anilines is 1. The van der Waals surface area contributed by atoms with E-state index in [4.69, 9.17) is 32.9 Å². The first-order valence-corrected chi connectivity index (χ1v) is 11.7. The van der Waals surface area contributed by atoms with Gasteiger partial charge < -0.3 is 25.7 Å². The third kappa shape index (κ3) is 4.69. The summed E-state index contributed by atoms with van der Waals surface area (Å²) in [5.74, 6) is -0.201. The van der Waals surface area contributed by atoms with E-state index in [1.54, 1.807) is 18.2 Å². The largest absolute Gasteiger partial charge is 0.383 e. The number of carbonyl (C=O) groups is 1. The van der Waals surface area contributed by atoms with Crippen molar-refractivity contribution < 1.29 is 9.53 Å². The predicted octanol–water partition coefficient (Wildman–Crippen LogP) is 3.12. The minimum atomic E-state index is -0.514. The number of likely N-dealkylation sites (N-methyl/N-ethyl adjacent to an activating group) is 1. The number of carbonyl (C=O) groups excluding carboxylic acids is 1. The number of amides is 1. The monoisotopic (exact) mass is 498 g/mol. The number of hydrogen-bond donors (Lipinski definition) is 2. The van der Waals surface area contributed by atoms with Crippen LogP contribution in [0.25, 0.3) is 33.3 Å². The Labute approximate surface area is 208 Å². The smallest absolute Gasteiger partial charge is 0.248 e. The molecule has 186 valence electrons. The number of nitrogens with zero attached hydrogens (tertiary/aromatic N) is 6. The molecule has 1 amide bonds. The molecular formula is C24H31ClN8O2. The number of halogens is 1. The van der Waals surface area contributed by atoms with Gasteiger partial charge in [-0.15, -0.1) is 0 Å². The van der Waals surface area contributed by atoms with Gasteiger partial charge in [-0.25, -0.2) is 14.6 Å². The van der Waals surface area contributed by atoms with Crippen molar-refractivity contribution in [3.05, 3.63) is 35.1 Å². The third-order valence-corrected chi connectivity index (χ3v) is 6.17. The van der Waals surface area contributed by atoms with E-state index in [0.29, 0.717) is 58.6 Å². The first-order chi connectivity index (χ1) is 16.5. The molecule has 10 nitrogen and oxygen atoms in total. The second kappa shape index (κ2) is 9.44. The van der Waals surface area contributed by atoms with Crippen LogP contribution in [0.15, 0.2) is 24.5 Å². The van der Waals surface area contributed by atoms with Crippen molar-refractivity contribution in [2.24, 2.45) is 5.73 Å². The van der Waals surface area contributed by atoms with E-state index in [0.717, 1.165) is 17.4 Å². The van der Waals surface area contributed by atoms with Crippen LogP contribution < -0.4 is 11.5 Å². The van der Waals surface area contributed by atoms with Crippen LogP contribution in [-0.4, -0.2) is 69.0 Å². The molecule has 4 N–H and O–H groups in total. The maximum atomic E-state index is 11.9. The van der Waals surface area contributed by atoms with Gasteiger partial charge >= 0.3 is 0 Å². The molecule has 4 aromatic rings. The molecule has 0 saturated heterocycles. The van der Waals surface area contributed by atoms with Gasteiger partial charge in [0, 0.05) is 24.0 Å². The van der Waals surface area contributed by atoms with E-state index in [1.807, 2.05) is 44.1 Å². The molecule has 0 saturated carbocycles. The number of aromatic nitrogens is 5. The van der Waals surface area contributed by atoms with E-state index in [2.05, 4.69) is 14.9 Å². The molecule has 3 heterocycles. The van der Waals surface area contributed by atoms with Crippen molar-refractivity contribution in [3.8, 4) is 11.4 Å². The highest BCUT2D eigenvalue weighted by atomic mass is 35.5. The predicted molar refractivity (Wildman–Crippen MR) is 139 cm³/mol. The van der Waals surface area contributed by atoms with Gasteiger partial charge in [0.15, 0.2) is 5.65 Å². The minimum Gasteiger partial charge on any atom is -0.383 e. The van der Waals surface area contributed by atoms with Crippen LogP contribution in [0.2, 0.25) is 5.02 Å². The fourth-order valence-electron chi connectivity index (χ4n) is 4.04. The summed E-state index contributed by atoms with van der Waals surface area (Å²) in [5, 5.41) is 6.81. The first-order valence-electron chi connectivity index (χ1n) is 11.3. The molecule has 0 aliphatic carbocycles. The Hall–Kier alpha value is -3.21. The normalized spacial score (nSPS) is 12.3. The van der Waals surface area contributed by atoms with E-state index < -0.39 is 5.91 Å². The Morgan fingerprint density at radius 1 is 1.20 bits per heavy atom. The lowest BCUT2D eigenvalue weighted by atomic mass is 10.1. The zero-order valence-electron chi connectivity index (χ0n) is 20.7. The second-order valence-corrected chi connectivity index (χ2v) is 10.1. The molecule has 0 unspecified atom stereocenters. The molecule has 1 aromatic carbocycles. The Balaban J connectivity index is 1.94. The highest BCUT2D eigenvalue weighted by molar-refractivity contribution is 6.39. The van der Waals surface area contributed by atoms with Gasteiger partial charge in [0.25, 0.3) is 0 Å². The van der Waals surface area contributed by atoms with Crippen LogP contribution in [0.3, 0.4) is 0 Å². The lowest BCUT2D eigenvalue weighted by Crippen LogP contribution is -2.23. The molecule has 0 atom stereocenters. The zero-order chi connectivity index (χ0) is 25.5. The van der Waals surface area contributed by atoms with E-state index in [9.17, 15) is 4.79 Å². The molecule has 35 heavy (non-hydrogen) atoms. The average Bonchev–Trinajstić information content (AvgIpc) is 3.29. The molecule has 0 radical (unpaired) electrons. The number of nitrogen functional groups attached to an aromatic ring is 1. The minimum absolute atomic E-state index is 0.313. The van der Waals surface area contributed by atoms with Crippen molar-refractivity contribution in [3.63, 3.8) is 0 Å². The van der Waals surface area contributed by atoms with Gasteiger partial charge in [0.2, 0.25) is 5.91 Å². The van der Waals surface area contributed by atoms with E-state index >= 15 is 0 Å². The third-order valence-electron chi connectivity index (χ3n) is 5.78. The fraction of sp³-hybridized carbons (Fsp3) is 0.417. The lowest BCUT2D eigenvalue weighted by molar-refractivity contribution is 0.100. The number of nitrogens with two attached hydrogens (primary N) is 2. The summed E-state index contributed by atoms with van der Waals surface area (Å²) >= 11 is 6.97. The van der Waals surface area contributed by atoms with Crippen molar-refractivity contribution in [1.29, 1.82) is 0 Å². The summed E-state index contributed by atoms with van der Waals surface area (Å²) in [6.45, 7) is 8.42. The van der Waals surface area contributed by atoms with E-state index in [1.165, 1.54) is 6.33 Å².